The van der Waals surface area contributed by atoms with E-state index in [1.54, 1.807) is 0 Å². The number of hydrogen-bond donors (Lipinski definition) is 0. The molecule has 1 atom stereocenters. The zero-order chi connectivity index (χ0) is 17.5. The molecule has 0 aromatic heterocycles. The Morgan fingerprint density at radius 1 is 1.08 bits per heavy atom. The summed E-state index contributed by atoms with van der Waals surface area (Å²) in [6.07, 6.45) is 0.966. The lowest BCUT2D eigenvalue weighted by molar-refractivity contribution is -0.0000263. The van der Waals surface area contributed by atoms with Crippen molar-refractivity contribution in [2.45, 2.75) is 19.4 Å². The highest BCUT2D eigenvalue weighted by atomic mass is 35.5. The number of benzene rings is 2. The monoisotopic (exact) mass is 374 g/mol. The average molecular weight is 375 g/mol. The van der Waals surface area contributed by atoms with Gasteiger partial charge in [0, 0.05) is 18.7 Å². The fourth-order valence-electron chi connectivity index (χ4n) is 3.09. The van der Waals surface area contributed by atoms with E-state index in [1.165, 1.54) is 0 Å². The van der Waals surface area contributed by atoms with E-state index in [-0.39, 0.29) is 24.2 Å². The van der Waals surface area contributed by atoms with Crippen LogP contribution in [0, 0.1) is 0 Å². The summed E-state index contributed by atoms with van der Waals surface area (Å²) in [6, 6.07) is 17.2. The quantitative estimate of drug-likeness (QED) is 0.670. The molecule has 1 aliphatic heterocycles. The molecular weight excluding hydrogens is 350 g/mol. The summed E-state index contributed by atoms with van der Waals surface area (Å²) in [5, 5.41) is 0. The van der Waals surface area contributed by atoms with Crippen molar-refractivity contribution in [3.63, 3.8) is 0 Å². The van der Waals surface area contributed by atoms with Gasteiger partial charge in [0.1, 0.15) is 5.75 Å². The molecule has 1 aliphatic rings. The van der Waals surface area contributed by atoms with Crippen molar-refractivity contribution in [1.29, 1.82) is 0 Å². The van der Waals surface area contributed by atoms with Crippen LogP contribution in [0.5, 0.6) is 5.75 Å². The standard InChI is InChI=1S/C21H25NO3.ClH/c1-2-14-25-19-10-8-18(9-11-19)21(23)20(17-6-4-3-5-7-17)22-12-15-24-16-13-22;/h3-11,20H,2,12-16H2,1H3;1H/p-1. The van der Waals surface area contributed by atoms with Gasteiger partial charge in [0.15, 0.2) is 5.78 Å². The Kier molecular flexibility index (Phi) is 8.10. The van der Waals surface area contributed by atoms with E-state index in [4.69, 9.17) is 9.47 Å². The van der Waals surface area contributed by atoms with Crippen molar-refractivity contribution in [3.8, 4) is 5.75 Å². The zero-order valence-corrected chi connectivity index (χ0v) is 15.8. The molecule has 5 heteroatoms. The highest BCUT2D eigenvalue weighted by Gasteiger charge is 2.29. The van der Waals surface area contributed by atoms with Crippen LogP contribution >= 0.6 is 0 Å². The zero-order valence-electron chi connectivity index (χ0n) is 15.1. The second-order valence-corrected chi connectivity index (χ2v) is 6.20. The molecule has 1 unspecified atom stereocenters. The van der Waals surface area contributed by atoms with E-state index < -0.39 is 0 Å². The molecule has 26 heavy (non-hydrogen) atoms. The van der Waals surface area contributed by atoms with Gasteiger partial charge in [-0.25, -0.2) is 0 Å². The van der Waals surface area contributed by atoms with Gasteiger partial charge in [0.2, 0.25) is 0 Å². The second kappa shape index (κ2) is 10.3. The number of Topliss-reactive ketones (excluding diaryl/α,β-unsaturated/α-hetero) is 1. The van der Waals surface area contributed by atoms with E-state index in [2.05, 4.69) is 11.8 Å². The fraction of sp³-hybridized carbons (Fsp3) is 0.381. The largest absolute Gasteiger partial charge is 1.00 e. The third-order valence-electron chi connectivity index (χ3n) is 4.39. The van der Waals surface area contributed by atoms with Crippen molar-refractivity contribution in [2.24, 2.45) is 0 Å². The van der Waals surface area contributed by atoms with Crippen LogP contribution in [0.4, 0.5) is 0 Å². The number of halogens is 1. The normalized spacial score (nSPS) is 15.7. The second-order valence-electron chi connectivity index (χ2n) is 6.20. The van der Waals surface area contributed by atoms with Crippen LogP contribution in [-0.4, -0.2) is 43.6 Å². The van der Waals surface area contributed by atoms with Gasteiger partial charge in [0.05, 0.1) is 25.9 Å². The highest BCUT2D eigenvalue weighted by Crippen LogP contribution is 2.27. The minimum atomic E-state index is -0.271. The van der Waals surface area contributed by atoms with Gasteiger partial charge in [-0.15, -0.1) is 0 Å². The molecule has 1 fully saturated rings. The Hall–Kier alpha value is -1.88. The Labute approximate surface area is 161 Å². The molecule has 0 amide bonds. The van der Waals surface area contributed by atoms with Crippen LogP contribution in [0.2, 0.25) is 0 Å². The number of carbonyl (C=O) groups is 1. The molecule has 0 saturated carbocycles. The van der Waals surface area contributed by atoms with E-state index in [0.717, 1.165) is 30.8 Å². The molecule has 1 saturated heterocycles. The summed E-state index contributed by atoms with van der Waals surface area (Å²) in [7, 11) is 0. The maximum Gasteiger partial charge on any atom is 0.184 e. The van der Waals surface area contributed by atoms with E-state index in [9.17, 15) is 4.79 Å². The molecule has 1 heterocycles. The number of rotatable bonds is 7. The first kappa shape index (κ1) is 20.4. The number of ketones is 1. The predicted molar refractivity (Wildman–Crippen MR) is 98.1 cm³/mol. The smallest absolute Gasteiger partial charge is 0.184 e. The number of nitrogens with zero attached hydrogens (tertiary/aromatic N) is 1. The fourth-order valence-corrected chi connectivity index (χ4v) is 3.09. The van der Waals surface area contributed by atoms with Crippen molar-refractivity contribution >= 4 is 5.78 Å². The van der Waals surface area contributed by atoms with E-state index in [0.29, 0.717) is 25.4 Å². The SMILES string of the molecule is CCCOc1ccc(C(=O)C(c2ccccc2)N2CCOCC2)cc1.[Cl-]. The van der Waals surface area contributed by atoms with Crippen LogP contribution in [0.1, 0.15) is 35.3 Å². The van der Waals surface area contributed by atoms with Crippen LogP contribution in [0.25, 0.3) is 0 Å². The lowest BCUT2D eigenvalue weighted by Gasteiger charge is -2.33. The van der Waals surface area contributed by atoms with Crippen LogP contribution in [0.15, 0.2) is 54.6 Å². The van der Waals surface area contributed by atoms with Crippen molar-refractivity contribution < 1.29 is 26.7 Å². The number of ether oxygens (including phenoxy) is 2. The minimum absolute atomic E-state index is 0. The Morgan fingerprint density at radius 3 is 2.35 bits per heavy atom. The van der Waals surface area contributed by atoms with Gasteiger partial charge in [-0.1, -0.05) is 37.3 Å². The number of morpholine rings is 1. The van der Waals surface area contributed by atoms with Crippen LogP contribution in [-0.2, 0) is 4.74 Å². The molecular formula is C21H25ClNO3-. The summed E-state index contributed by atoms with van der Waals surface area (Å²) in [4.78, 5) is 15.5. The third-order valence-corrected chi connectivity index (χ3v) is 4.39. The van der Waals surface area contributed by atoms with Crippen molar-refractivity contribution in [2.75, 3.05) is 32.9 Å². The summed E-state index contributed by atoms with van der Waals surface area (Å²) >= 11 is 0. The Morgan fingerprint density at radius 2 is 1.73 bits per heavy atom. The first-order valence-corrected chi connectivity index (χ1v) is 8.93. The van der Waals surface area contributed by atoms with E-state index in [1.807, 2.05) is 54.6 Å². The lowest BCUT2D eigenvalue weighted by atomic mass is 9.95. The predicted octanol–water partition coefficient (Wildman–Crippen LogP) is 0.736. The highest BCUT2D eigenvalue weighted by molar-refractivity contribution is 6.00. The summed E-state index contributed by atoms with van der Waals surface area (Å²) < 4.78 is 11.1. The molecule has 4 nitrogen and oxygen atoms in total. The van der Waals surface area contributed by atoms with Crippen molar-refractivity contribution in [1.82, 2.24) is 4.90 Å². The molecule has 140 valence electrons. The molecule has 2 aromatic carbocycles. The first-order chi connectivity index (χ1) is 12.3. The van der Waals surface area contributed by atoms with Crippen molar-refractivity contribution in [3.05, 3.63) is 65.7 Å². The summed E-state index contributed by atoms with van der Waals surface area (Å²) in [5.41, 5.74) is 1.74. The number of carbonyl (C=O) groups excluding carboxylic acids is 1. The number of hydrogen-bond acceptors (Lipinski definition) is 4. The van der Waals surface area contributed by atoms with Gasteiger partial charge in [-0.2, -0.15) is 0 Å². The van der Waals surface area contributed by atoms with Gasteiger partial charge in [-0.05, 0) is 36.2 Å². The van der Waals surface area contributed by atoms with Gasteiger partial charge in [0.25, 0.3) is 0 Å². The maximum absolute atomic E-state index is 13.2. The van der Waals surface area contributed by atoms with Gasteiger partial charge >= 0.3 is 0 Å². The molecule has 3 rings (SSSR count). The van der Waals surface area contributed by atoms with Crippen LogP contribution < -0.4 is 17.1 Å². The minimum Gasteiger partial charge on any atom is -1.00 e. The molecule has 0 radical (unpaired) electrons. The Balaban J connectivity index is 0.00000243. The molecule has 2 aromatic rings. The first-order valence-electron chi connectivity index (χ1n) is 8.93. The van der Waals surface area contributed by atoms with Gasteiger partial charge < -0.3 is 21.9 Å². The lowest BCUT2D eigenvalue weighted by Crippen LogP contribution is -3.00. The van der Waals surface area contributed by atoms with Gasteiger partial charge in [-0.3, -0.25) is 9.69 Å². The molecule has 0 spiro atoms. The summed E-state index contributed by atoms with van der Waals surface area (Å²) in [6.45, 7) is 5.63. The summed E-state index contributed by atoms with van der Waals surface area (Å²) in [5.74, 6) is 0.927. The van der Waals surface area contributed by atoms with Crippen LogP contribution in [0.3, 0.4) is 0 Å². The molecule has 0 bridgehead atoms. The maximum atomic E-state index is 13.2. The van der Waals surface area contributed by atoms with E-state index >= 15 is 0 Å². The molecule has 0 N–H and O–H groups in total. The average Bonchev–Trinajstić information content (AvgIpc) is 2.68. The molecule has 0 aliphatic carbocycles. The topological polar surface area (TPSA) is 38.8 Å². The Bertz CT molecular complexity index is 669. The third kappa shape index (κ3) is 5.07.